The average molecular weight is 268 g/mol. The van der Waals surface area contributed by atoms with Gasteiger partial charge in [-0.1, -0.05) is 18.2 Å². The van der Waals surface area contributed by atoms with Crippen molar-refractivity contribution in [1.82, 2.24) is 4.31 Å². The summed E-state index contributed by atoms with van der Waals surface area (Å²) < 4.78 is 26.7. The van der Waals surface area contributed by atoms with E-state index in [1.165, 1.54) is 0 Å². The number of piperidine rings is 1. The van der Waals surface area contributed by atoms with E-state index in [9.17, 15) is 8.42 Å². The van der Waals surface area contributed by atoms with Crippen LogP contribution in [0.5, 0.6) is 0 Å². The molecule has 2 rings (SSSR count). The molecule has 2 N–H and O–H groups in total. The number of hydrogen-bond donors (Lipinski definition) is 1. The lowest BCUT2D eigenvalue weighted by Gasteiger charge is -2.31. The van der Waals surface area contributed by atoms with Crippen molar-refractivity contribution in [2.24, 2.45) is 11.7 Å². The van der Waals surface area contributed by atoms with Gasteiger partial charge in [0.1, 0.15) is 0 Å². The first-order chi connectivity index (χ1) is 8.55. The Hall–Kier alpha value is -0.910. The maximum absolute atomic E-state index is 12.6. The van der Waals surface area contributed by atoms with Crippen LogP contribution in [0.2, 0.25) is 0 Å². The molecule has 0 amide bonds. The van der Waals surface area contributed by atoms with Crippen LogP contribution in [-0.2, 0) is 10.0 Å². The van der Waals surface area contributed by atoms with Gasteiger partial charge in [0.25, 0.3) is 0 Å². The third-order valence-corrected chi connectivity index (χ3v) is 5.55. The van der Waals surface area contributed by atoms with Gasteiger partial charge in [-0.15, -0.1) is 0 Å². The van der Waals surface area contributed by atoms with Crippen LogP contribution >= 0.6 is 0 Å². The maximum Gasteiger partial charge on any atom is 0.243 e. The van der Waals surface area contributed by atoms with Gasteiger partial charge >= 0.3 is 0 Å². The number of nitrogens with zero attached hydrogens (tertiary/aromatic N) is 1. The fourth-order valence-corrected chi connectivity index (χ4v) is 4.20. The second kappa shape index (κ2) is 5.38. The first kappa shape index (κ1) is 13.5. The molecule has 1 aromatic carbocycles. The Labute approximate surface area is 109 Å². The standard InChI is InChI=1S/C13H20N2O2S/c1-11-5-2-3-7-13(11)18(16,17)15-8-4-6-12(9-14)10-15/h2-3,5,7,12H,4,6,8-10,14H2,1H3. The Morgan fingerprint density at radius 1 is 1.39 bits per heavy atom. The van der Waals surface area contributed by atoms with E-state index >= 15 is 0 Å². The third-order valence-electron chi connectivity index (χ3n) is 3.53. The summed E-state index contributed by atoms with van der Waals surface area (Å²) in [5.74, 6) is 0.289. The zero-order valence-corrected chi connectivity index (χ0v) is 11.5. The number of rotatable bonds is 3. The Morgan fingerprint density at radius 3 is 2.78 bits per heavy atom. The molecule has 0 saturated carbocycles. The van der Waals surface area contributed by atoms with Crippen molar-refractivity contribution >= 4 is 10.0 Å². The van der Waals surface area contributed by atoms with Gasteiger partial charge in [0, 0.05) is 13.1 Å². The highest BCUT2D eigenvalue weighted by atomic mass is 32.2. The van der Waals surface area contributed by atoms with Gasteiger partial charge in [-0.2, -0.15) is 4.31 Å². The summed E-state index contributed by atoms with van der Waals surface area (Å²) in [6.07, 6.45) is 1.92. The van der Waals surface area contributed by atoms with Crippen LogP contribution < -0.4 is 5.73 Å². The Kier molecular flexibility index (Phi) is 4.04. The Morgan fingerprint density at radius 2 is 2.11 bits per heavy atom. The molecule has 0 aliphatic carbocycles. The topological polar surface area (TPSA) is 63.4 Å². The van der Waals surface area contributed by atoms with Crippen molar-refractivity contribution in [3.8, 4) is 0 Å². The van der Waals surface area contributed by atoms with Crippen molar-refractivity contribution in [2.75, 3.05) is 19.6 Å². The van der Waals surface area contributed by atoms with Crippen LogP contribution in [0.25, 0.3) is 0 Å². The molecule has 1 aliphatic rings. The quantitative estimate of drug-likeness (QED) is 0.900. The average Bonchev–Trinajstić information content (AvgIpc) is 2.39. The SMILES string of the molecule is Cc1ccccc1S(=O)(=O)N1CCCC(CN)C1. The lowest BCUT2D eigenvalue weighted by atomic mass is 10.0. The molecule has 100 valence electrons. The molecular weight excluding hydrogens is 248 g/mol. The monoisotopic (exact) mass is 268 g/mol. The Balaban J connectivity index is 2.29. The van der Waals surface area contributed by atoms with E-state index in [0.717, 1.165) is 18.4 Å². The summed E-state index contributed by atoms with van der Waals surface area (Å²) in [5, 5.41) is 0. The van der Waals surface area contributed by atoms with E-state index in [-0.39, 0.29) is 5.92 Å². The minimum absolute atomic E-state index is 0.289. The van der Waals surface area contributed by atoms with Crippen molar-refractivity contribution in [1.29, 1.82) is 0 Å². The largest absolute Gasteiger partial charge is 0.330 e. The second-order valence-corrected chi connectivity index (χ2v) is 6.78. The number of hydrogen-bond acceptors (Lipinski definition) is 3. The summed E-state index contributed by atoms with van der Waals surface area (Å²) >= 11 is 0. The van der Waals surface area contributed by atoms with Gasteiger partial charge in [0.05, 0.1) is 4.90 Å². The molecule has 0 aromatic heterocycles. The van der Waals surface area contributed by atoms with Crippen molar-refractivity contribution in [3.63, 3.8) is 0 Å². The molecule has 0 spiro atoms. The van der Waals surface area contributed by atoms with Gasteiger partial charge < -0.3 is 5.73 Å². The molecule has 1 saturated heterocycles. The first-order valence-electron chi connectivity index (χ1n) is 6.31. The van der Waals surface area contributed by atoms with Crippen LogP contribution in [-0.4, -0.2) is 32.4 Å². The van der Waals surface area contributed by atoms with Gasteiger partial charge in [0.15, 0.2) is 0 Å². The first-order valence-corrected chi connectivity index (χ1v) is 7.75. The van der Waals surface area contributed by atoms with Crippen molar-refractivity contribution in [2.45, 2.75) is 24.7 Å². The number of nitrogens with two attached hydrogens (primary N) is 1. The van der Waals surface area contributed by atoms with Gasteiger partial charge in [-0.05, 0) is 43.9 Å². The highest BCUT2D eigenvalue weighted by Gasteiger charge is 2.30. The molecule has 0 bridgehead atoms. The van der Waals surface area contributed by atoms with Gasteiger partial charge in [-0.25, -0.2) is 8.42 Å². The molecule has 1 atom stereocenters. The highest BCUT2D eigenvalue weighted by molar-refractivity contribution is 7.89. The van der Waals surface area contributed by atoms with Crippen LogP contribution in [0.15, 0.2) is 29.2 Å². The molecule has 0 radical (unpaired) electrons. The maximum atomic E-state index is 12.6. The minimum atomic E-state index is -3.36. The van der Waals surface area contributed by atoms with Gasteiger partial charge in [0.2, 0.25) is 10.0 Å². The molecule has 1 unspecified atom stereocenters. The van der Waals surface area contributed by atoms with Crippen LogP contribution in [0.1, 0.15) is 18.4 Å². The van der Waals surface area contributed by atoms with Crippen molar-refractivity contribution < 1.29 is 8.42 Å². The van der Waals surface area contributed by atoms with Crippen LogP contribution in [0, 0.1) is 12.8 Å². The molecule has 1 fully saturated rings. The number of sulfonamides is 1. The van der Waals surface area contributed by atoms with Crippen LogP contribution in [0.4, 0.5) is 0 Å². The normalized spacial score (nSPS) is 22.0. The smallest absolute Gasteiger partial charge is 0.243 e. The molecule has 1 aromatic rings. The molecule has 1 aliphatic heterocycles. The van der Waals surface area contributed by atoms with Crippen LogP contribution in [0.3, 0.4) is 0 Å². The summed E-state index contributed by atoms with van der Waals surface area (Å²) in [6, 6.07) is 7.13. The third kappa shape index (κ3) is 2.58. The fraction of sp³-hybridized carbons (Fsp3) is 0.538. The minimum Gasteiger partial charge on any atom is -0.330 e. The number of benzene rings is 1. The van der Waals surface area contributed by atoms with Crippen molar-refractivity contribution in [3.05, 3.63) is 29.8 Å². The van der Waals surface area contributed by atoms with Gasteiger partial charge in [-0.3, -0.25) is 0 Å². The summed E-state index contributed by atoms with van der Waals surface area (Å²) in [4.78, 5) is 0.419. The molecule has 5 heteroatoms. The molecule has 4 nitrogen and oxygen atoms in total. The zero-order chi connectivity index (χ0) is 13.2. The van der Waals surface area contributed by atoms with E-state index < -0.39 is 10.0 Å². The zero-order valence-electron chi connectivity index (χ0n) is 10.7. The summed E-state index contributed by atoms with van der Waals surface area (Å²) in [7, 11) is -3.36. The fourth-order valence-electron chi connectivity index (χ4n) is 2.42. The summed E-state index contributed by atoms with van der Waals surface area (Å²) in [6.45, 7) is 3.54. The summed E-state index contributed by atoms with van der Waals surface area (Å²) in [5.41, 5.74) is 6.45. The van der Waals surface area contributed by atoms with E-state index in [1.807, 2.05) is 19.1 Å². The second-order valence-electron chi connectivity index (χ2n) is 4.87. The lowest BCUT2D eigenvalue weighted by molar-refractivity contribution is 0.271. The Bertz CT molecular complexity index is 513. The number of aryl methyl sites for hydroxylation is 1. The lowest BCUT2D eigenvalue weighted by Crippen LogP contribution is -2.42. The molecular formula is C13H20N2O2S. The van der Waals surface area contributed by atoms with E-state index in [4.69, 9.17) is 5.73 Å². The highest BCUT2D eigenvalue weighted by Crippen LogP contribution is 2.24. The van der Waals surface area contributed by atoms with E-state index in [1.54, 1.807) is 16.4 Å². The van der Waals surface area contributed by atoms with E-state index in [2.05, 4.69) is 0 Å². The predicted molar refractivity (Wildman–Crippen MR) is 71.7 cm³/mol. The van der Waals surface area contributed by atoms with E-state index in [0.29, 0.717) is 24.5 Å². The molecule has 1 heterocycles. The predicted octanol–water partition coefficient (Wildman–Crippen LogP) is 1.35. The molecule has 18 heavy (non-hydrogen) atoms.